The Morgan fingerprint density at radius 3 is 2.67 bits per heavy atom. The summed E-state index contributed by atoms with van der Waals surface area (Å²) in [6.07, 6.45) is 5.28. The summed E-state index contributed by atoms with van der Waals surface area (Å²) >= 11 is 0. The Balaban J connectivity index is 0.00000228. The lowest BCUT2D eigenvalue weighted by molar-refractivity contribution is -0.970. The van der Waals surface area contributed by atoms with E-state index in [-0.39, 0.29) is 24.4 Å². The third-order valence-electron chi connectivity index (χ3n) is 8.36. The number of aromatic amines is 1. The number of piperidine rings is 1. The number of halogens is 1. The van der Waals surface area contributed by atoms with Crippen molar-refractivity contribution < 1.29 is 26.4 Å². The smallest absolute Gasteiger partial charge is 0.324 e. The van der Waals surface area contributed by atoms with E-state index in [0.29, 0.717) is 5.92 Å². The van der Waals surface area contributed by atoms with E-state index in [0.717, 1.165) is 54.6 Å². The first-order valence-electron chi connectivity index (χ1n) is 11.9. The van der Waals surface area contributed by atoms with Crippen molar-refractivity contribution in [3.63, 3.8) is 0 Å². The van der Waals surface area contributed by atoms with Crippen LogP contribution in [0.25, 0.3) is 10.9 Å². The van der Waals surface area contributed by atoms with E-state index in [1.807, 2.05) is 0 Å². The summed E-state index contributed by atoms with van der Waals surface area (Å²) in [5.41, 5.74) is 5.70. The minimum atomic E-state index is -0.655. The molecule has 0 saturated carbocycles. The second-order valence-electron chi connectivity index (χ2n) is 9.97. The number of hydrogen-bond donors (Lipinski definition) is 1. The molecule has 1 fully saturated rings. The molecule has 33 heavy (non-hydrogen) atoms. The van der Waals surface area contributed by atoms with Crippen LogP contribution in [0.3, 0.4) is 0 Å². The maximum atomic E-state index is 13.9. The van der Waals surface area contributed by atoms with Crippen molar-refractivity contribution in [2.24, 2.45) is 5.92 Å². The van der Waals surface area contributed by atoms with Gasteiger partial charge in [-0.1, -0.05) is 61.5 Å². The topological polar surface area (TPSA) is 42.1 Å². The molecule has 7 rings (SSSR count). The van der Waals surface area contributed by atoms with Crippen LogP contribution in [0.1, 0.15) is 36.6 Å². The van der Waals surface area contributed by atoms with Crippen LogP contribution in [-0.4, -0.2) is 41.7 Å². The maximum Gasteiger partial charge on any atom is 0.324 e. The molecule has 1 aromatic heterocycles. The van der Waals surface area contributed by atoms with Crippen molar-refractivity contribution in [2.75, 3.05) is 20.2 Å². The van der Waals surface area contributed by atoms with Crippen LogP contribution in [0.5, 0.6) is 0 Å². The number of benzene rings is 2. The molecule has 4 nitrogen and oxygen atoms in total. The molecular weight excluding hydrogens is 432 g/mol. The van der Waals surface area contributed by atoms with Gasteiger partial charge >= 0.3 is 5.97 Å². The van der Waals surface area contributed by atoms with Gasteiger partial charge in [-0.25, -0.2) is 0 Å². The van der Waals surface area contributed by atoms with Crippen LogP contribution in [-0.2, 0) is 27.9 Å². The molecular formula is C28H31ClN2O2. The number of nitrogens with one attached hydrogen (secondary N) is 1. The van der Waals surface area contributed by atoms with Crippen LogP contribution in [0.2, 0.25) is 0 Å². The van der Waals surface area contributed by atoms with Gasteiger partial charge in [0, 0.05) is 34.5 Å². The molecule has 0 spiro atoms. The average Bonchev–Trinajstić information content (AvgIpc) is 3.18. The molecule has 2 aromatic carbocycles. The molecule has 1 saturated heterocycles. The Hall–Kier alpha value is -2.56. The molecule has 4 atom stereocenters. The minimum absolute atomic E-state index is 0. The van der Waals surface area contributed by atoms with Gasteiger partial charge in [-0.2, -0.15) is 0 Å². The van der Waals surface area contributed by atoms with Crippen molar-refractivity contribution in [2.45, 2.75) is 44.2 Å². The number of nitrogens with zero attached hydrogens (tertiary/aromatic N) is 1. The summed E-state index contributed by atoms with van der Waals surface area (Å²) in [5, 5.41) is 1.26. The number of esters is 1. The van der Waals surface area contributed by atoms with Crippen LogP contribution in [0.4, 0.5) is 0 Å². The van der Waals surface area contributed by atoms with Gasteiger partial charge in [-0.15, -0.1) is 0 Å². The zero-order valence-corrected chi connectivity index (χ0v) is 20.1. The molecule has 4 bridgehead atoms. The Morgan fingerprint density at radius 2 is 1.91 bits per heavy atom. The lowest BCUT2D eigenvalue weighted by Gasteiger charge is -2.59. The van der Waals surface area contributed by atoms with Gasteiger partial charge in [0.15, 0.2) is 5.41 Å². The predicted octanol–water partition coefficient (Wildman–Crippen LogP) is 1.89. The van der Waals surface area contributed by atoms with Gasteiger partial charge in [-0.05, 0) is 30.0 Å². The SMILES string of the molecule is CCC1=CC2CC3(C(=O)OC)c4[nH]c5ccccc5c4CC[N+](Cc4ccccc4)(C2)C13.[Cl-]. The van der Waals surface area contributed by atoms with Gasteiger partial charge < -0.3 is 26.6 Å². The monoisotopic (exact) mass is 462 g/mol. The molecule has 172 valence electrons. The molecule has 0 amide bonds. The highest BCUT2D eigenvalue weighted by Gasteiger charge is 2.67. The second-order valence-corrected chi connectivity index (χ2v) is 9.97. The van der Waals surface area contributed by atoms with Crippen molar-refractivity contribution in [3.8, 4) is 0 Å². The van der Waals surface area contributed by atoms with Crippen LogP contribution >= 0.6 is 0 Å². The Bertz CT molecular complexity index is 1230. The highest BCUT2D eigenvalue weighted by atomic mass is 35.5. The predicted molar refractivity (Wildman–Crippen MR) is 126 cm³/mol. The van der Waals surface area contributed by atoms with E-state index in [9.17, 15) is 4.79 Å². The first-order chi connectivity index (χ1) is 15.6. The lowest BCUT2D eigenvalue weighted by atomic mass is 9.59. The van der Waals surface area contributed by atoms with E-state index in [1.165, 1.54) is 22.1 Å². The van der Waals surface area contributed by atoms with E-state index in [2.05, 4.69) is 72.6 Å². The first kappa shape index (κ1) is 22.2. The van der Waals surface area contributed by atoms with Gasteiger partial charge in [-0.3, -0.25) is 4.79 Å². The van der Waals surface area contributed by atoms with Crippen LogP contribution in [0, 0.1) is 5.92 Å². The zero-order chi connectivity index (χ0) is 21.9. The molecule has 3 aliphatic heterocycles. The number of carbonyl (C=O) groups is 1. The molecule has 4 unspecified atom stereocenters. The highest BCUT2D eigenvalue weighted by Crippen LogP contribution is 2.56. The highest BCUT2D eigenvalue weighted by molar-refractivity contribution is 5.92. The Kier molecular flexibility index (Phi) is 5.42. The number of carbonyl (C=O) groups excluding carboxylic acids is 1. The number of H-pyrrole nitrogens is 1. The summed E-state index contributed by atoms with van der Waals surface area (Å²) in [6.45, 7) is 5.35. The summed E-state index contributed by atoms with van der Waals surface area (Å²) in [7, 11) is 1.56. The third-order valence-corrected chi connectivity index (χ3v) is 8.36. The van der Waals surface area contributed by atoms with Crippen molar-refractivity contribution in [1.82, 2.24) is 4.98 Å². The minimum Gasteiger partial charge on any atom is -1.00 e. The van der Waals surface area contributed by atoms with Crippen LogP contribution in [0.15, 0.2) is 66.2 Å². The van der Waals surface area contributed by atoms with Gasteiger partial charge in [0.1, 0.15) is 12.6 Å². The summed E-state index contributed by atoms with van der Waals surface area (Å²) in [5.74, 6) is 0.312. The summed E-state index contributed by atoms with van der Waals surface area (Å²) in [4.78, 5) is 17.6. The fourth-order valence-electron chi connectivity index (χ4n) is 7.41. The van der Waals surface area contributed by atoms with Crippen molar-refractivity contribution in [3.05, 3.63) is 83.1 Å². The molecule has 4 heterocycles. The molecule has 1 N–H and O–H groups in total. The van der Waals surface area contributed by atoms with Gasteiger partial charge in [0.2, 0.25) is 0 Å². The number of methoxy groups -OCH3 is 1. The average molecular weight is 463 g/mol. The van der Waals surface area contributed by atoms with Crippen molar-refractivity contribution in [1.29, 1.82) is 0 Å². The van der Waals surface area contributed by atoms with Gasteiger partial charge in [0.05, 0.1) is 20.2 Å². The quantitative estimate of drug-likeness (QED) is 0.365. The van der Waals surface area contributed by atoms with Crippen molar-refractivity contribution >= 4 is 16.9 Å². The molecule has 1 aliphatic carbocycles. The standard InChI is InChI=1S/C28H31N2O2.ClH/c1-3-21-15-20-16-28(27(31)32-2)25-23(22-11-7-8-12-24(22)29-25)13-14-30(18-20,26(21)28)17-19-9-5-4-6-10-19;/h4-12,15,20,26,29H,3,13-14,16-18H2,1-2H3;1H/q+1;/p-1. The molecule has 0 radical (unpaired) electrons. The molecule has 5 heteroatoms. The normalized spacial score (nSPS) is 29.6. The van der Waals surface area contributed by atoms with Gasteiger partial charge in [0.25, 0.3) is 0 Å². The molecule has 3 aromatic rings. The number of para-hydroxylation sites is 1. The number of ether oxygens (including phenoxy) is 1. The number of rotatable bonds is 4. The summed E-state index contributed by atoms with van der Waals surface area (Å²) < 4.78 is 6.56. The van der Waals surface area contributed by atoms with E-state index in [1.54, 1.807) is 7.11 Å². The number of quaternary nitrogens is 1. The fourth-order valence-corrected chi connectivity index (χ4v) is 7.41. The maximum absolute atomic E-state index is 13.9. The van der Waals surface area contributed by atoms with E-state index >= 15 is 0 Å². The van der Waals surface area contributed by atoms with Crippen LogP contribution < -0.4 is 12.4 Å². The van der Waals surface area contributed by atoms with E-state index in [4.69, 9.17) is 4.74 Å². The Labute approximate surface area is 201 Å². The third kappa shape index (κ3) is 3.04. The fraction of sp³-hybridized carbons (Fsp3) is 0.393. The number of fused-ring (bicyclic) bond motifs is 3. The zero-order valence-electron chi connectivity index (χ0n) is 19.3. The van der Waals surface area contributed by atoms with E-state index < -0.39 is 5.41 Å². The summed E-state index contributed by atoms with van der Waals surface area (Å²) in [6, 6.07) is 19.5. The second kappa shape index (κ2) is 8.03. The number of aromatic nitrogens is 1. The largest absolute Gasteiger partial charge is 1.00 e. The lowest BCUT2D eigenvalue weighted by Crippen LogP contribution is -3.00. The Morgan fingerprint density at radius 1 is 1.15 bits per heavy atom. The number of hydrogen-bond acceptors (Lipinski definition) is 2. The first-order valence-corrected chi connectivity index (χ1v) is 11.9. The molecule has 4 aliphatic rings.